The smallest absolute Gasteiger partial charge is 0.143 e. The van der Waals surface area contributed by atoms with Crippen LogP contribution >= 0.6 is 0 Å². The predicted molar refractivity (Wildman–Crippen MR) is 78.1 cm³/mol. The molecule has 0 radical (unpaired) electrons. The summed E-state index contributed by atoms with van der Waals surface area (Å²) < 4.78 is 5.92. The summed E-state index contributed by atoms with van der Waals surface area (Å²) in [4.78, 5) is 2.33. The van der Waals surface area contributed by atoms with Crippen molar-refractivity contribution in [1.29, 1.82) is 0 Å². The zero-order valence-electron chi connectivity index (χ0n) is 11.1. The summed E-state index contributed by atoms with van der Waals surface area (Å²) in [5.41, 5.74) is 3.61. The van der Waals surface area contributed by atoms with E-state index in [2.05, 4.69) is 46.6 Å². The highest BCUT2D eigenvalue weighted by molar-refractivity contribution is 5.72. The molecule has 19 heavy (non-hydrogen) atoms. The summed E-state index contributed by atoms with van der Waals surface area (Å²) in [5, 5.41) is 3.21. The molecule has 0 saturated carbocycles. The molecule has 2 aromatic rings. The molecular formula is C16H18N2O. The molecule has 0 saturated heterocycles. The number of likely N-dealkylation sites (N-methyl/N-ethyl adjacent to an activating group) is 1. The molecule has 3 rings (SSSR count). The van der Waals surface area contributed by atoms with Gasteiger partial charge in [0.05, 0.1) is 5.69 Å². The second-order valence-electron chi connectivity index (χ2n) is 4.64. The molecule has 0 bridgehead atoms. The number of nitrogens with zero attached hydrogens (tertiary/aromatic N) is 1. The third kappa shape index (κ3) is 2.29. The fourth-order valence-corrected chi connectivity index (χ4v) is 2.45. The van der Waals surface area contributed by atoms with Crippen molar-refractivity contribution in [2.24, 2.45) is 0 Å². The molecule has 0 atom stereocenters. The SMILES string of the molecule is CNCCN1c2ccccc2COc2ccccc21. The summed E-state index contributed by atoms with van der Waals surface area (Å²) in [7, 11) is 1.98. The molecule has 3 nitrogen and oxygen atoms in total. The highest BCUT2D eigenvalue weighted by Gasteiger charge is 2.20. The van der Waals surface area contributed by atoms with Crippen LogP contribution in [0.25, 0.3) is 0 Å². The van der Waals surface area contributed by atoms with E-state index in [0.717, 1.165) is 24.5 Å². The van der Waals surface area contributed by atoms with Crippen LogP contribution in [0, 0.1) is 0 Å². The molecule has 0 spiro atoms. The lowest BCUT2D eigenvalue weighted by Crippen LogP contribution is -2.27. The van der Waals surface area contributed by atoms with Crippen LogP contribution in [-0.4, -0.2) is 20.1 Å². The van der Waals surface area contributed by atoms with Gasteiger partial charge in [-0.15, -0.1) is 0 Å². The van der Waals surface area contributed by atoms with Gasteiger partial charge in [-0.3, -0.25) is 0 Å². The van der Waals surface area contributed by atoms with Gasteiger partial charge >= 0.3 is 0 Å². The van der Waals surface area contributed by atoms with E-state index in [9.17, 15) is 0 Å². The van der Waals surface area contributed by atoms with Gasteiger partial charge < -0.3 is 15.0 Å². The van der Waals surface area contributed by atoms with E-state index in [-0.39, 0.29) is 0 Å². The summed E-state index contributed by atoms with van der Waals surface area (Å²) >= 11 is 0. The zero-order valence-corrected chi connectivity index (χ0v) is 11.1. The molecule has 0 amide bonds. The number of hydrogen-bond acceptors (Lipinski definition) is 3. The minimum Gasteiger partial charge on any atom is -0.487 e. The van der Waals surface area contributed by atoms with Crippen molar-refractivity contribution in [3.05, 3.63) is 54.1 Å². The summed E-state index contributed by atoms with van der Waals surface area (Å²) in [6.45, 7) is 2.49. The van der Waals surface area contributed by atoms with Gasteiger partial charge in [-0.1, -0.05) is 30.3 Å². The maximum atomic E-state index is 5.92. The van der Waals surface area contributed by atoms with Gasteiger partial charge in [0.2, 0.25) is 0 Å². The average molecular weight is 254 g/mol. The van der Waals surface area contributed by atoms with Crippen molar-refractivity contribution in [1.82, 2.24) is 5.32 Å². The Morgan fingerprint density at radius 2 is 1.79 bits per heavy atom. The Morgan fingerprint density at radius 3 is 2.63 bits per heavy atom. The van der Waals surface area contributed by atoms with Gasteiger partial charge in [0.25, 0.3) is 0 Å². The Kier molecular flexibility index (Phi) is 3.38. The largest absolute Gasteiger partial charge is 0.487 e. The molecule has 0 unspecified atom stereocenters. The molecule has 0 fully saturated rings. The van der Waals surface area contributed by atoms with Crippen LogP contribution in [0.15, 0.2) is 48.5 Å². The minimum absolute atomic E-state index is 0.628. The highest BCUT2D eigenvalue weighted by atomic mass is 16.5. The number of anilines is 2. The first-order valence-electron chi connectivity index (χ1n) is 6.62. The number of para-hydroxylation sites is 3. The van der Waals surface area contributed by atoms with Gasteiger partial charge in [-0.05, 0) is 25.2 Å². The Morgan fingerprint density at radius 1 is 1.05 bits per heavy atom. The normalized spacial score (nSPS) is 13.2. The second kappa shape index (κ2) is 5.33. The van der Waals surface area contributed by atoms with Crippen LogP contribution in [-0.2, 0) is 6.61 Å². The standard InChI is InChI=1S/C16H18N2O/c1-17-10-11-18-14-7-3-2-6-13(14)12-19-16-9-5-4-8-15(16)18/h2-9,17H,10-12H2,1H3. The molecule has 1 aliphatic rings. The van der Waals surface area contributed by atoms with Gasteiger partial charge in [0.1, 0.15) is 12.4 Å². The number of fused-ring (bicyclic) bond motifs is 2. The van der Waals surface area contributed by atoms with E-state index in [0.29, 0.717) is 6.61 Å². The Balaban J connectivity index is 2.08. The van der Waals surface area contributed by atoms with Crippen molar-refractivity contribution < 1.29 is 4.74 Å². The van der Waals surface area contributed by atoms with Crippen molar-refractivity contribution in [2.75, 3.05) is 25.0 Å². The van der Waals surface area contributed by atoms with Crippen LogP contribution in [0.5, 0.6) is 5.75 Å². The van der Waals surface area contributed by atoms with Crippen LogP contribution in [0.4, 0.5) is 11.4 Å². The van der Waals surface area contributed by atoms with E-state index in [4.69, 9.17) is 4.74 Å². The van der Waals surface area contributed by atoms with Crippen molar-refractivity contribution in [3.63, 3.8) is 0 Å². The van der Waals surface area contributed by atoms with Crippen molar-refractivity contribution in [2.45, 2.75) is 6.61 Å². The first-order chi connectivity index (χ1) is 9.40. The van der Waals surface area contributed by atoms with E-state index in [1.54, 1.807) is 0 Å². The average Bonchev–Trinajstić information content (AvgIpc) is 2.62. The van der Waals surface area contributed by atoms with Gasteiger partial charge in [0.15, 0.2) is 0 Å². The lowest BCUT2D eigenvalue weighted by molar-refractivity contribution is 0.310. The molecule has 98 valence electrons. The summed E-state index contributed by atoms with van der Waals surface area (Å²) in [6.07, 6.45) is 0. The summed E-state index contributed by atoms with van der Waals surface area (Å²) in [5.74, 6) is 0.954. The molecule has 1 N–H and O–H groups in total. The number of hydrogen-bond donors (Lipinski definition) is 1. The number of benzene rings is 2. The van der Waals surface area contributed by atoms with Crippen LogP contribution in [0.3, 0.4) is 0 Å². The highest BCUT2D eigenvalue weighted by Crippen LogP contribution is 2.38. The van der Waals surface area contributed by atoms with E-state index < -0.39 is 0 Å². The van der Waals surface area contributed by atoms with Crippen LogP contribution in [0.1, 0.15) is 5.56 Å². The number of rotatable bonds is 3. The Labute approximate surface area is 113 Å². The molecule has 0 aromatic heterocycles. The first-order valence-corrected chi connectivity index (χ1v) is 6.62. The fraction of sp³-hybridized carbons (Fsp3) is 0.250. The van der Waals surface area contributed by atoms with Crippen LogP contribution < -0.4 is 15.0 Å². The van der Waals surface area contributed by atoms with E-state index >= 15 is 0 Å². The molecular weight excluding hydrogens is 236 g/mol. The molecule has 2 aromatic carbocycles. The maximum absolute atomic E-state index is 5.92. The Hall–Kier alpha value is -2.00. The Bertz CT molecular complexity index is 521. The lowest BCUT2D eigenvalue weighted by atomic mass is 10.1. The molecule has 3 heteroatoms. The van der Waals surface area contributed by atoms with Gasteiger partial charge in [-0.25, -0.2) is 0 Å². The van der Waals surface area contributed by atoms with Crippen molar-refractivity contribution in [3.8, 4) is 5.75 Å². The quantitative estimate of drug-likeness (QED) is 0.911. The van der Waals surface area contributed by atoms with E-state index in [1.165, 1.54) is 11.3 Å². The number of nitrogens with one attached hydrogen (secondary N) is 1. The van der Waals surface area contributed by atoms with Crippen LogP contribution in [0.2, 0.25) is 0 Å². The third-order valence-corrected chi connectivity index (χ3v) is 3.41. The first kappa shape index (κ1) is 12.1. The topological polar surface area (TPSA) is 24.5 Å². The summed E-state index contributed by atoms with van der Waals surface area (Å²) in [6, 6.07) is 16.7. The van der Waals surface area contributed by atoms with Crippen molar-refractivity contribution >= 4 is 11.4 Å². The molecule has 1 aliphatic heterocycles. The van der Waals surface area contributed by atoms with E-state index in [1.807, 2.05) is 19.2 Å². The molecule has 0 aliphatic carbocycles. The predicted octanol–water partition coefficient (Wildman–Crippen LogP) is 2.94. The zero-order chi connectivity index (χ0) is 13.1. The second-order valence-corrected chi connectivity index (χ2v) is 4.64. The van der Waals surface area contributed by atoms with Gasteiger partial charge in [-0.2, -0.15) is 0 Å². The monoisotopic (exact) mass is 254 g/mol. The number of ether oxygens (including phenoxy) is 1. The molecule has 1 heterocycles. The minimum atomic E-state index is 0.628. The van der Waals surface area contributed by atoms with Gasteiger partial charge in [0, 0.05) is 24.3 Å². The maximum Gasteiger partial charge on any atom is 0.143 e. The fourth-order valence-electron chi connectivity index (χ4n) is 2.45. The third-order valence-electron chi connectivity index (χ3n) is 3.41. The lowest BCUT2D eigenvalue weighted by Gasteiger charge is -2.25.